The third-order valence-corrected chi connectivity index (χ3v) is 6.07. The molecule has 28 heavy (non-hydrogen) atoms. The first-order valence-corrected chi connectivity index (χ1v) is 10.6. The van der Waals surface area contributed by atoms with Crippen LogP contribution in [0.25, 0.3) is 0 Å². The van der Waals surface area contributed by atoms with E-state index < -0.39 is 21.2 Å². The Bertz CT molecular complexity index is 868. The van der Waals surface area contributed by atoms with Crippen LogP contribution in [0.4, 0.5) is 0 Å². The number of benzene rings is 2. The molecule has 0 bridgehead atoms. The Hall–Kier alpha value is -2.29. The SMILES string of the molecule is COc1ccc(CNC(C(=O)O)S(=O)(=O)c2ccc(OCCCCl)cc2)cc1. The quantitative estimate of drug-likeness (QED) is 0.420. The van der Waals surface area contributed by atoms with Crippen molar-refractivity contribution in [3.8, 4) is 11.5 Å². The van der Waals surface area contributed by atoms with Gasteiger partial charge in [0.25, 0.3) is 0 Å². The number of nitrogens with one attached hydrogen (secondary N) is 1. The largest absolute Gasteiger partial charge is 0.497 e. The molecule has 2 rings (SSSR count). The second-order valence-electron chi connectivity index (χ2n) is 5.85. The predicted octanol–water partition coefficient (Wildman–Crippen LogP) is 2.68. The molecule has 1 unspecified atom stereocenters. The second-order valence-corrected chi connectivity index (χ2v) is 8.27. The highest BCUT2D eigenvalue weighted by Crippen LogP contribution is 2.20. The number of hydrogen-bond acceptors (Lipinski definition) is 6. The van der Waals surface area contributed by atoms with E-state index in [0.29, 0.717) is 30.4 Å². The zero-order valence-electron chi connectivity index (χ0n) is 15.3. The number of carboxylic acids is 1. The lowest BCUT2D eigenvalue weighted by Crippen LogP contribution is -2.42. The molecule has 0 radical (unpaired) electrons. The standard InChI is InChI=1S/C19H22ClNO6S/c1-26-15-5-3-14(4-6-15)13-21-18(19(22)23)28(24,25)17-9-7-16(8-10-17)27-12-2-11-20/h3-10,18,21H,2,11-13H2,1H3,(H,22,23). The number of carbonyl (C=O) groups is 1. The second kappa shape index (κ2) is 10.3. The number of sulfone groups is 1. The number of carboxylic acid groups (broad SMARTS) is 1. The smallest absolute Gasteiger partial charge is 0.336 e. The summed E-state index contributed by atoms with van der Waals surface area (Å²) in [5.41, 5.74) is 0.727. The van der Waals surface area contributed by atoms with Crippen LogP contribution < -0.4 is 14.8 Å². The highest BCUT2D eigenvalue weighted by atomic mass is 35.5. The molecule has 0 heterocycles. The highest BCUT2D eigenvalue weighted by molar-refractivity contribution is 7.92. The van der Waals surface area contributed by atoms with Crippen molar-refractivity contribution in [2.24, 2.45) is 0 Å². The van der Waals surface area contributed by atoms with Crippen LogP contribution in [0.15, 0.2) is 53.4 Å². The molecule has 0 spiro atoms. The molecule has 0 saturated heterocycles. The lowest BCUT2D eigenvalue weighted by molar-refractivity contribution is -0.137. The fourth-order valence-electron chi connectivity index (χ4n) is 2.39. The molecule has 0 aromatic heterocycles. The van der Waals surface area contributed by atoms with Crippen LogP contribution in [-0.2, 0) is 21.2 Å². The number of ether oxygens (including phenoxy) is 2. The van der Waals surface area contributed by atoms with Crippen LogP contribution in [0.2, 0.25) is 0 Å². The molecule has 7 nitrogen and oxygen atoms in total. The fraction of sp³-hybridized carbons (Fsp3) is 0.316. The summed E-state index contributed by atoms with van der Waals surface area (Å²) in [6.45, 7) is 0.483. The van der Waals surface area contributed by atoms with Gasteiger partial charge in [0.05, 0.1) is 18.6 Å². The first-order valence-electron chi connectivity index (χ1n) is 8.50. The maximum Gasteiger partial charge on any atom is 0.336 e. The van der Waals surface area contributed by atoms with Gasteiger partial charge in [-0.3, -0.25) is 5.32 Å². The maximum atomic E-state index is 12.7. The lowest BCUT2D eigenvalue weighted by Gasteiger charge is -2.16. The Morgan fingerprint density at radius 3 is 2.25 bits per heavy atom. The van der Waals surface area contributed by atoms with Crippen molar-refractivity contribution in [1.29, 1.82) is 0 Å². The van der Waals surface area contributed by atoms with Crippen molar-refractivity contribution < 1.29 is 27.8 Å². The molecule has 0 amide bonds. The van der Waals surface area contributed by atoms with Crippen molar-refractivity contribution in [2.75, 3.05) is 19.6 Å². The van der Waals surface area contributed by atoms with Gasteiger partial charge >= 0.3 is 5.97 Å². The molecule has 0 saturated carbocycles. The van der Waals surface area contributed by atoms with Crippen molar-refractivity contribution in [2.45, 2.75) is 23.2 Å². The number of aliphatic carboxylic acids is 1. The minimum absolute atomic E-state index is 0.0693. The van der Waals surface area contributed by atoms with Gasteiger partial charge in [0.2, 0.25) is 15.2 Å². The van der Waals surface area contributed by atoms with Crippen molar-refractivity contribution in [1.82, 2.24) is 5.32 Å². The summed E-state index contributed by atoms with van der Waals surface area (Å²) in [6.07, 6.45) is 0.665. The van der Waals surface area contributed by atoms with Crippen LogP contribution in [0, 0.1) is 0 Å². The molecule has 9 heteroatoms. The van der Waals surface area contributed by atoms with Gasteiger partial charge < -0.3 is 14.6 Å². The normalized spacial score (nSPS) is 12.4. The van der Waals surface area contributed by atoms with Gasteiger partial charge in [-0.2, -0.15) is 0 Å². The Kier molecular flexibility index (Phi) is 8.10. The van der Waals surface area contributed by atoms with E-state index >= 15 is 0 Å². The van der Waals surface area contributed by atoms with E-state index in [-0.39, 0.29) is 11.4 Å². The minimum atomic E-state index is -4.14. The van der Waals surface area contributed by atoms with Crippen molar-refractivity contribution >= 4 is 27.4 Å². The third-order valence-electron chi connectivity index (χ3n) is 3.88. The number of hydrogen-bond donors (Lipinski definition) is 2. The topological polar surface area (TPSA) is 102 Å². The fourth-order valence-corrected chi connectivity index (χ4v) is 3.85. The maximum absolute atomic E-state index is 12.7. The highest BCUT2D eigenvalue weighted by Gasteiger charge is 2.33. The van der Waals surface area contributed by atoms with Gasteiger partial charge in [-0.05, 0) is 48.4 Å². The molecule has 0 aliphatic rings. The van der Waals surface area contributed by atoms with Gasteiger partial charge in [0.15, 0.2) is 0 Å². The number of methoxy groups -OCH3 is 1. The average molecular weight is 428 g/mol. The molecule has 2 N–H and O–H groups in total. The summed E-state index contributed by atoms with van der Waals surface area (Å²) in [5.74, 6) is 0.129. The van der Waals surface area contributed by atoms with Gasteiger partial charge in [0.1, 0.15) is 11.5 Å². The summed E-state index contributed by atoms with van der Waals surface area (Å²) in [7, 11) is -2.60. The van der Waals surface area contributed by atoms with E-state index in [4.69, 9.17) is 21.1 Å². The number of halogens is 1. The molecular weight excluding hydrogens is 406 g/mol. The van der Waals surface area contributed by atoms with Crippen molar-refractivity contribution in [3.05, 3.63) is 54.1 Å². The zero-order valence-corrected chi connectivity index (χ0v) is 16.9. The lowest BCUT2D eigenvalue weighted by atomic mass is 10.2. The number of rotatable bonds is 11. The predicted molar refractivity (Wildman–Crippen MR) is 106 cm³/mol. The van der Waals surface area contributed by atoms with Crippen LogP contribution in [0.1, 0.15) is 12.0 Å². The monoisotopic (exact) mass is 427 g/mol. The summed E-state index contributed by atoms with van der Waals surface area (Å²) in [4.78, 5) is 11.5. The van der Waals surface area contributed by atoms with Crippen LogP contribution in [0.5, 0.6) is 11.5 Å². The summed E-state index contributed by atoms with van der Waals surface area (Å²) in [5, 5.41) is 10.2. The van der Waals surface area contributed by atoms with E-state index in [1.54, 1.807) is 24.3 Å². The van der Waals surface area contributed by atoms with E-state index in [1.165, 1.54) is 31.4 Å². The first kappa shape index (κ1) is 22.0. The van der Waals surface area contributed by atoms with Gasteiger partial charge in [-0.1, -0.05) is 12.1 Å². The Balaban J connectivity index is 2.10. The molecule has 2 aromatic carbocycles. The van der Waals surface area contributed by atoms with E-state index in [2.05, 4.69) is 5.32 Å². The minimum Gasteiger partial charge on any atom is -0.497 e. The molecule has 1 atom stereocenters. The van der Waals surface area contributed by atoms with Gasteiger partial charge in [-0.15, -0.1) is 11.6 Å². The van der Waals surface area contributed by atoms with E-state index in [1.807, 2.05) is 0 Å². The van der Waals surface area contributed by atoms with Crippen LogP contribution >= 0.6 is 11.6 Å². The van der Waals surface area contributed by atoms with E-state index in [0.717, 1.165) is 5.56 Å². The Labute approximate surface area is 169 Å². The molecule has 152 valence electrons. The zero-order chi connectivity index (χ0) is 20.6. The molecule has 0 aliphatic heterocycles. The first-order chi connectivity index (χ1) is 13.4. The van der Waals surface area contributed by atoms with Crippen LogP contribution in [0.3, 0.4) is 0 Å². The van der Waals surface area contributed by atoms with E-state index in [9.17, 15) is 18.3 Å². The molecular formula is C19H22ClNO6S. The van der Waals surface area contributed by atoms with Gasteiger partial charge in [0, 0.05) is 12.4 Å². The summed E-state index contributed by atoms with van der Waals surface area (Å²) >= 11 is 5.58. The average Bonchev–Trinajstić information content (AvgIpc) is 2.69. The third kappa shape index (κ3) is 5.85. The summed E-state index contributed by atoms with van der Waals surface area (Å²) < 4.78 is 36.0. The van der Waals surface area contributed by atoms with Crippen molar-refractivity contribution in [3.63, 3.8) is 0 Å². The summed E-state index contributed by atoms with van der Waals surface area (Å²) in [6, 6.07) is 12.5. The Morgan fingerprint density at radius 1 is 1.11 bits per heavy atom. The molecule has 2 aromatic rings. The van der Waals surface area contributed by atoms with Gasteiger partial charge in [-0.25, -0.2) is 13.2 Å². The van der Waals surface area contributed by atoms with Crippen LogP contribution in [-0.4, -0.2) is 44.5 Å². The number of alkyl halides is 1. The molecule has 0 aliphatic carbocycles. The Morgan fingerprint density at radius 2 is 1.71 bits per heavy atom. The molecule has 0 fully saturated rings.